The van der Waals surface area contributed by atoms with Gasteiger partial charge in [0.1, 0.15) is 28.5 Å². The van der Waals surface area contributed by atoms with E-state index >= 15 is 0 Å². The summed E-state index contributed by atoms with van der Waals surface area (Å²) in [5.41, 5.74) is 1.90. The first-order valence-electron chi connectivity index (χ1n) is 5.95. The Morgan fingerprint density at radius 1 is 1.48 bits per heavy atom. The molecule has 104 valence electrons. The Bertz CT molecular complexity index is 812. The Labute approximate surface area is 123 Å². The molecule has 0 aromatic carbocycles. The molecule has 1 amide bonds. The molecule has 0 aliphatic carbocycles. The lowest BCUT2D eigenvalue weighted by Crippen LogP contribution is -2.13. The van der Waals surface area contributed by atoms with Gasteiger partial charge in [0.25, 0.3) is 5.91 Å². The number of aromatic nitrogens is 3. The summed E-state index contributed by atoms with van der Waals surface area (Å²) in [6.45, 7) is 1.64. The fourth-order valence-electron chi connectivity index (χ4n) is 1.95. The number of amides is 1. The average Bonchev–Trinajstić information content (AvgIpc) is 3.17. The quantitative estimate of drug-likeness (QED) is 0.800. The van der Waals surface area contributed by atoms with E-state index in [1.165, 1.54) is 16.8 Å². The summed E-state index contributed by atoms with van der Waals surface area (Å²) in [7, 11) is 0. The molecule has 21 heavy (non-hydrogen) atoms. The van der Waals surface area contributed by atoms with E-state index in [1.54, 1.807) is 36.0 Å². The Morgan fingerprint density at radius 2 is 2.24 bits per heavy atom. The number of aryl methyl sites for hydroxylation is 1. The lowest BCUT2D eigenvalue weighted by Gasteiger charge is -2.00. The second-order valence-corrected chi connectivity index (χ2v) is 4.95. The molecule has 0 aliphatic rings. The average molecular weight is 299 g/mol. The molecule has 0 saturated heterocycles. The first-order valence-corrected chi connectivity index (χ1v) is 6.83. The van der Waals surface area contributed by atoms with Crippen molar-refractivity contribution in [1.29, 1.82) is 5.26 Å². The van der Waals surface area contributed by atoms with Crippen molar-refractivity contribution in [1.82, 2.24) is 14.8 Å². The van der Waals surface area contributed by atoms with Gasteiger partial charge in [-0.1, -0.05) is 11.3 Å². The molecule has 0 bridgehead atoms. The van der Waals surface area contributed by atoms with Crippen LogP contribution in [0.15, 0.2) is 34.5 Å². The smallest absolute Gasteiger partial charge is 0.262 e. The monoisotopic (exact) mass is 299 g/mol. The van der Waals surface area contributed by atoms with Gasteiger partial charge in [-0.25, -0.2) is 0 Å². The lowest BCUT2D eigenvalue weighted by atomic mass is 10.1. The molecular weight excluding hydrogens is 290 g/mol. The molecule has 3 heterocycles. The molecule has 0 fully saturated rings. The molecule has 1 N–H and O–H groups in total. The number of hydrogen-bond donors (Lipinski definition) is 1. The van der Waals surface area contributed by atoms with E-state index in [4.69, 9.17) is 4.42 Å². The van der Waals surface area contributed by atoms with Gasteiger partial charge in [-0.2, -0.15) is 5.26 Å². The van der Waals surface area contributed by atoms with Crippen LogP contribution in [-0.4, -0.2) is 20.7 Å². The highest BCUT2D eigenvalue weighted by Gasteiger charge is 2.25. The van der Waals surface area contributed by atoms with E-state index < -0.39 is 5.91 Å². The maximum atomic E-state index is 12.3. The molecule has 0 spiro atoms. The van der Waals surface area contributed by atoms with Crippen molar-refractivity contribution in [3.8, 4) is 12.0 Å². The van der Waals surface area contributed by atoms with Crippen LogP contribution in [0, 0.1) is 18.3 Å². The molecule has 0 saturated carbocycles. The van der Waals surface area contributed by atoms with Gasteiger partial charge in [-0.05, 0) is 19.1 Å². The van der Waals surface area contributed by atoms with Crippen LogP contribution in [0.1, 0.15) is 21.7 Å². The van der Waals surface area contributed by atoms with Gasteiger partial charge in [-0.15, -0.1) is 10.2 Å². The highest BCUT2D eigenvalue weighted by Crippen LogP contribution is 2.26. The minimum absolute atomic E-state index is 0.186. The third-order valence-corrected chi connectivity index (χ3v) is 3.43. The fourth-order valence-corrected chi connectivity index (χ4v) is 2.39. The maximum absolute atomic E-state index is 12.3. The highest BCUT2D eigenvalue weighted by molar-refractivity contribution is 7.13. The number of hydrogen-bond acceptors (Lipinski definition) is 6. The summed E-state index contributed by atoms with van der Waals surface area (Å²) in [6, 6.07) is 5.64. The molecule has 7 nitrogen and oxygen atoms in total. The van der Waals surface area contributed by atoms with E-state index in [-0.39, 0.29) is 11.1 Å². The minimum atomic E-state index is -0.442. The van der Waals surface area contributed by atoms with Gasteiger partial charge in [0.05, 0.1) is 0 Å². The van der Waals surface area contributed by atoms with Crippen molar-refractivity contribution in [3.63, 3.8) is 0 Å². The van der Waals surface area contributed by atoms with Crippen molar-refractivity contribution < 1.29 is 9.21 Å². The van der Waals surface area contributed by atoms with Gasteiger partial charge in [0.2, 0.25) is 11.0 Å². The number of carbonyl (C=O) groups is 1. The van der Waals surface area contributed by atoms with E-state index in [0.717, 1.165) is 0 Å². The first kappa shape index (κ1) is 13.1. The van der Waals surface area contributed by atoms with Gasteiger partial charge in [-0.3, -0.25) is 14.7 Å². The van der Waals surface area contributed by atoms with E-state index in [1.807, 2.05) is 6.07 Å². The number of nitrogens with one attached hydrogen (secondary N) is 1. The number of nitriles is 1. The predicted octanol–water partition coefficient (Wildman–Crippen LogP) is 2.35. The summed E-state index contributed by atoms with van der Waals surface area (Å²) < 4.78 is 7.21. The maximum Gasteiger partial charge on any atom is 0.262 e. The third-order valence-electron chi connectivity index (χ3n) is 2.82. The van der Waals surface area contributed by atoms with Gasteiger partial charge in [0, 0.05) is 12.4 Å². The number of rotatable bonds is 3. The van der Waals surface area contributed by atoms with Crippen LogP contribution in [0.5, 0.6) is 0 Å². The number of furan rings is 1. The SMILES string of the molecule is Cc1oc(-n2cccc2)c(C#N)c1C(=O)Nc1nncs1. The van der Waals surface area contributed by atoms with Crippen molar-refractivity contribution in [3.05, 3.63) is 46.9 Å². The van der Waals surface area contributed by atoms with Crippen molar-refractivity contribution in [2.45, 2.75) is 6.92 Å². The summed E-state index contributed by atoms with van der Waals surface area (Å²) in [5.74, 6) is 0.252. The first-order chi connectivity index (χ1) is 10.2. The zero-order valence-corrected chi connectivity index (χ0v) is 11.7. The van der Waals surface area contributed by atoms with Crippen LogP contribution in [0.4, 0.5) is 5.13 Å². The summed E-state index contributed by atoms with van der Waals surface area (Å²) in [5, 5.41) is 19.7. The number of anilines is 1. The van der Waals surface area contributed by atoms with E-state index in [0.29, 0.717) is 16.8 Å². The van der Waals surface area contributed by atoms with Crippen LogP contribution in [-0.2, 0) is 0 Å². The van der Waals surface area contributed by atoms with Gasteiger partial charge >= 0.3 is 0 Å². The third kappa shape index (κ3) is 2.30. The molecule has 0 unspecified atom stereocenters. The second-order valence-electron chi connectivity index (χ2n) is 4.11. The highest BCUT2D eigenvalue weighted by atomic mass is 32.1. The topological polar surface area (TPSA) is 96.7 Å². The largest absolute Gasteiger partial charge is 0.443 e. The summed E-state index contributed by atoms with van der Waals surface area (Å²) in [4.78, 5) is 12.3. The van der Waals surface area contributed by atoms with Gasteiger partial charge < -0.3 is 4.42 Å². The molecule has 0 atom stereocenters. The predicted molar refractivity (Wildman–Crippen MR) is 75.3 cm³/mol. The van der Waals surface area contributed by atoms with Crippen LogP contribution in [0.2, 0.25) is 0 Å². The molecule has 0 radical (unpaired) electrons. The number of carbonyl (C=O) groups excluding carboxylic acids is 1. The molecule has 3 rings (SSSR count). The normalized spacial score (nSPS) is 10.3. The lowest BCUT2D eigenvalue weighted by molar-refractivity contribution is 0.102. The second kappa shape index (κ2) is 5.22. The molecule has 8 heteroatoms. The van der Waals surface area contributed by atoms with Gasteiger partial charge in [0.15, 0.2) is 0 Å². The number of nitrogens with zero attached hydrogens (tertiary/aromatic N) is 4. The van der Waals surface area contributed by atoms with Crippen LogP contribution in [0.3, 0.4) is 0 Å². The zero-order valence-electron chi connectivity index (χ0n) is 10.9. The van der Waals surface area contributed by atoms with Crippen molar-refractivity contribution >= 4 is 22.4 Å². The minimum Gasteiger partial charge on any atom is -0.443 e. The summed E-state index contributed by atoms with van der Waals surface area (Å²) in [6.07, 6.45) is 3.48. The standard InChI is InChI=1S/C13H9N5O2S/c1-8-10(11(19)16-13-17-15-7-21-13)9(6-14)12(20-8)18-4-2-3-5-18/h2-5,7H,1H3,(H,16,17,19). The van der Waals surface area contributed by atoms with Crippen LogP contribution < -0.4 is 5.32 Å². The Balaban J connectivity index is 2.03. The van der Waals surface area contributed by atoms with Crippen LogP contribution >= 0.6 is 11.3 Å². The summed E-state index contributed by atoms with van der Waals surface area (Å²) >= 11 is 1.20. The van der Waals surface area contributed by atoms with Crippen LogP contribution in [0.25, 0.3) is 5.88 Å². The van der Waals surface area contributed by atoms with Crippen molar-refractivity contribution in [2.24, 2.45) is 0 Å². The molecule has 3 aromatic rings. The van der Waals surface area contributed by atoms with E-state index in [9.17, 15) is 10.1 Å². The zero-order chi connectivity index (χ0) is 14.8. The molecular formula is C13H9N5O2S. The Morgan fingerprint density at radius 3 is 2.86 bits per heavy atom. The fraction of sp³-hybridized carbons (Fsp3) is 0.0769. The van der Waals surface area contributed by atoms with E-state index in [2.05, 4.69) is 15.5 Å². The van der Waals surface area contributed by atoms with Crippen molar-refractivity contribution in [2.75, 3.05) is 5.32 Å². The Hall–Kier alpha value is -2.92. The molecule has 0 aliphatic heterocycles. The molecule has 3 aromatic heterocycles. The Kier molecular flexibility index (Phi) is 3.25.